The number of nitrogens with one attached hydrogen (secondary N) is 1. The van der Waals surface area contributed by atoms with Crippen molar-refractivity contribution in [1.82, 2.24) is 19.4 Å². The van der Waals surface area contributed by atoms with Crippen molar-refractivity contribution in [3.63, 3.8) is 0 Å². The first-order valence-corrected chi connectivity index (χ1v) is 15.3. The third-order valence-electron chi connectivity index (χ3n) is 9.20. The summed E-state index contributed by atoms with van der Waals surface area (Å²) in [5.74, 6) is 2.43. The summed E-state index contributed by atoms with van der Waals surface area (Å²) < 4.78 is 2.38. The standard InChI is InChI=1S/C32H45N5O/c1-2-17-36-18-14-25(15-19-36)20-24-5-7-26(8-6-24)30-22-37(27-9-11-28(38)12-10-27)31-29(30)21-34-32(35-31)33-16-13-23-3-4-23/h5-8,21-23,25,27-28,38H,2-4,9-20H2,1H3,(H,33,34,35)/t27-,28-. The van der Waals surface area contributed by atoms with E-state index in [4.69, 9.17) is 9.97 Å². The first kappa shape index (κ1) is 25.8. The van der Waals surface area contributed by atoms with Crippen LogP contribution < -0.4 is 5.32 Å². The molecule has 0 amide bonds. The zero-order valence-electron chi connectivity index (χ0n) is 23.1. The highest BCUT2D eigenvalue weighted by Gasteiger charge is 2.25. The van der Waals surface area contributed by atoms with Crippen molar-refractivity contribution in [2.24, 2.45) is 11.8 Å². The summed E-state index contributed by atoms with van der Waals surface area (Å²) in [5, 5.41) is 14.7. The SMILES string of the molecule is CCCN1CCC(Cc2ccc(-c3cn([C@H]4CC[C@H](O)CC4)c4nc(NCCC5CC5)ncc34)cc2)CC1. The molecule has 2 aliphatic carbocycles. The van der Waals surface area contributed by atoms with Crippen molar-refractivity contribution in [1.29, 1.82) is 0 Å². The molecule has 3 aliphatic rings. The fourth-order valence-electron chi connectivity index (χ4n) is 6.64. The Kier molecular flexibility index (Phi) is 7.98. The molecule has 2 aromatic heterocycles. The molecular weight excluding hydrogens is 470 g/mol. The Labute approximate surface area is 227 Å². The maximum atomic E-state index is 10.1. The van der Waals surface area contributed by atoms with Gasteiger partial charge in [0, 0.05) is 35.9 Å². The van der Waals surface area contributed by atoms with E-state index >= 15 is 0 Å². The molecule has 3 heterocycles. The molecule has 204 valence electrons. The fourth-order valence-corrected chi connectivity index (χ4v) is 6.64. The number of hydrogen-bond donors (Lipinski definition) is 2. The van der Waals surface area contributed by atoms with Crippen molar-refractivity contribution in [3.05, 3.63) is 42.2 Å². The van der Waals surface area contributed by atoms with E-state index in [2.05, 4.69) is 52.2 Å². The van der Waals surface area contributed by atoms with E-state index in [-0.39, 0.29) is 6.10 Å². The van der Waals surface area contributed by atoms with Gasteiger partial charge in [-0.2, -0.15) is 4.98 Å². The summed E-state index contributed by atoms with van der Waals surface area (Å²) in [6.07, 6.45) is 16.9. The summed E-state index contributed by atoms with van der Waals surface area (Å²) in [6.45, 7) is 6.98. The summed E-state index contributed by atoms with van der Waals surface area (Å²) in [5.41, 5.74) is 4.93. The predicted octanol–water partition coefficient (Wildman–Crippen LogP) is 6.45. The third kappa shape index (κ3) is 6.07. The largest absolute Gasteiger partial charge is 0.393 e. The molecule has 2 saturated carbocycles. The van der Waals surface area contributed by atoms with E-state index in [1.165, 1.54) is 81.3 Å². The van der Waals surface area contributed by atoms with Crippen LogP contribution in [0.25, 0.3) is 22.2 Å². The normalized spacial score (nSPS) is 23.2. The summed E-state index contributed by atoms with van der Waals surface area (Å²) >= 11 is 0. The number of piperidine rings is 1. The average Bonchev–Trinajstić information content (AvgIpc) is 3.69. The van der Waals surface area contributed by atoms with Crippen LogP contribution in [0.15, 0.2) is 36.7 Å². The molecule has 1 aliphatic heterocycles. The van der Waals surface area contributed by atoms with Gasteiger partial charge in [-0.25, -0.2) is 4.98 Å². The van der Waals surface area contributed by atoms with Gasteiger partial charge in [0.1, 0.15) is 5.65 Å². The van der Waals surface area contributed by atoms with E-state index in [9.17, 15) is 5.11 Å². The van der Waals surface area contributed by atoms with Crippen molar-refractivity contribution < 1.29 is 5.11 Å². The maximum absolute atomic E-state index is 10.1. The number of aromatic nitrogens is 3. The lowest BCUT2D eigenvalue weighted by molar-refractivity contribution is 0.111. The molecule has 0 atom stereocenters. The van der Waals surface area contributed by atoms with E-state index in [1.54, 1.807) is 0 Å². The average molecular weight is 516 g/mol. The Bertz CT molecular complexity index is 1180. The minimum absolute atomic E-state index is 0.159. The van der Waals surface area contributed by atoms with Gasteiger partial charge < -0.3 is 19.9 Å². The minimum Gasteiger partial charge on any atom is -0.393 e. The van der Waals surface area contributed by atoms with E-state index in [1.807, 2.05) is 6.20 Å². The van der Waals surface area contributed by atoms with Gasteiger partial charge in [0.15, 0.2) is 0 Å². The molecule has 3 aromatic rings. The lowest BCUT2D eigenvalue weighted by Crippen LogP contribution is -2.34. The van der Waals surface area contributed by atoms with Gasteiger partial charge >= 0.3 is 0 Å². The number of hydrogen-bond acceptors (Lipinski definition) is 5. The van der Waals surface area contributed by atoms with Gasteiger partial charge in [0.05, 0.1) is 6.10 Å². The molecule has 2 N–H and O–H groups in total. The summed E-state index contributed by atoms with van der Waals surface area (Å²) in [6, 6.07) is 9.65. The van der Waals surface area contributed by atoms with Crippen LogP contribution in [0, 0.1) is 11.8 Å². The molecule has 1 aromatic carbocycles. The van der Waals surface area contributed by atoms with Crippen molar-refractivity contribution in [3.8, 4) is 11.1 Å². The number of anilines is 1. The molecule has 0 bridgehead atoms. The molecule has 0 spiro atoms. The molecule has 6 heteroatoms. The molecule has 1 saturated heterocycles. The Balaban J connectivity index is 1.21. The Morgan fingerprint density at radius 2 is 1.71 bits per heavy atom. The van der Waals surface area contributed by atoms with E-state index < -0.39 is 0 Å². The highest BCUT2D eigenvalue weighted by molar-refractivity contribution is 5.94. The monoisotopic (exact) mass is 515 g/mol. The molecular formula is C32H45N5O. The van der Waals surface area contributed by atoms with Crippen LogP contribution in [0.1, 0.15) is 82.7 Å². The van der Waals surface area contributed by atoms with Gasteiger partial charge in [-0.15, -0.1) is 0 Å². The molecule has 6 rings (SSSR count). The molecule has 6 nitrogen and oxygen atoms in total. The number of aliphatic hydroxyl groups excluding tert-OH is 1. The van der Waals surface area contributed by atoms with Gasteiger partial charge in [-0.1, -0.05) is 44.0 Å². The molecule has 0 radical (unpaired) electrons. The van der Waals surface area contributed by atoms with Gasteiger partial charge in [0.25, 0.3) is 0 Å². The van der Waals surface area contributed by atoms with E-state index in [0.717, 1.165) is 61.0 Å². The van der Waals surface area contributed by atoms with Crippen molar-refractivity contribution >= 4 is 17.0 Å². The molecule has 3 fully saturated rings. The van der Waals surface area contributed by atoms with Gasteiger partial charge in [-0.3, -0.25) is 0 Å². The summed E-state index contributed by atoms with van der Waals surface area (Å²) in [7, 11) is 0. The highest BCUT2D eigenvalue weighted by atomic mass is 16.3. The second-order valence-corrected chi connectivity index (χ2v) is 12.2. The fraction of sp³-hybridized carbons (Fsp3) is 0.625. The number of rotatable bonds is 10. The molecule has 38 heavy (non-hydrogen) atoms. The Morgan fingerprint density at radius 1 is 0.947 bits per heavy atom. The first-order valence-electron chi connectivity index (χ1n) is 15.3. The van der Waals surface area contributed by atoms with Crippen LogP contribution in [-0.4, -0.2) is 56.8 Å². The number of nitrogens with zero attached hydrogens (tertiary/aromatic N) is 4. The van der Waals surface area contributed by atoms with Gasteiger partial charge in [-0.05, 0) is 100 Å². The lowest BCUT2D eigenvalue weighted by atomic mass is 9.89. The second kappa shape index (κ2) is 11.7. The van der Waals surface area contributed by atoms with Crippen LogP contribution in [0.4, 0.5) is 5.95 Å². The Morgan fingerprint density at radius 3 is 2.42 bits per heavy atom. The van der Waals surface area contributed by atoms with Crippen LogP contribution >= 0.6 is 0 Å². The van der Waals surface area contributed by atoms with Gasteiger partial charge in [0.2, 0.25) is 5.95 Å². The minimum atomic E-state index is -0.159. The number of likely N-dealkylation sites (tertiary alicyclic amines) is 1. The topological polar surface area (TPSA) is 66.2 Å². The third-order valence-corrected chi connectivity index (χ3v) is 9.20. The van der Waals surface area contributed by atoms with Crippen LogP contribution in [0.5, 0.6) is 0 Å². The smallest absolute Gasteiger partial charge is 0.224 e. The second-order valence-electron chi connectivity index (χ2n) is 12.2. The summed E-state index contributed by atoms with van der Waals surface area (Å²) in [4.78, 5) is 12.4. The van der Waals surface area contributed by atoms with Crippen molar-refractivity contribution in [2.45, 2.75) is 89.7 Å². The maximum Gasteiger partial charge on any atom is 0.224 e. The van der Waals surface area contributed by atoms with E-state index in [0.29, 0.717) is 6.04 Å². The number of fused-ring (bicyclic) bond motifs is 1. The van der Waals surface area contributed by atoms with Crippen LogP contribution in [0.3, 0.4) is 0 Å². The highest BCUT2D eigenvalue weighted by Crippen LogP contribution is 2.37. The van der Waals surface area contributed by atoms with Crippen LogP contribution in [-0.2, 0) is 6.42 Å². The quantitative estimate of drug-likeness (QED) is 0.325. The lowest BCUT2D eigenvalue weighted by Gasteiger charge is -2.31. The number of aliphatic hydroxyl groups is 1. The zero-order chi connectivity index (χ0) is 25.9. The number of benzene rings is 1. The first-order chi connectivity index (χ1) is 18.7. The molecule has 0 unspecified atom stereocenters. The predicted molar refractivity (Wildman–Crippen MR) is 155 cm³/mol. The van der Waals surface area contributed by atoms with Crippen molar-refractivity contribution in [2.75, 3.05) is 31.5 Å². The zero-order valence-corrected chi connectivity index (χ0v) is 23.1. The van der Waals surface area contributed by atoms with Crippen LogP contribution in [0.2, 0.25) is 0 Å². The Hall–Kier alpha value is -2.44.